The van der Waals surface area contributed by atoms with Crippen molar-refractivity contribution >= 4 is 39.7 Å². The Morgan fingerprint density at radius 3 is 2.61 bits per heavy atom. The molecule has 2 aromatic carbocycles. The fraction of sp³-hybridized carbons (Fsp3) is 0.182. The van der Waals surface area contributed by atoms with Crippen LogP contribution in [0.25, 0.3) is 22.0 Å². The van der Waals surface area contributed by atoms with Crippen molar-refractivity contribution in [2.75, 3.05) is 7.11 Å². The summed E-state index contributed by atoms with van der Waals surface area (Å²) in [5, 5.41) is 13.3. The normalized spacial score (nSPS) is 12.5. The molecule has 4 rings (SSSR count). The molecule has 0 saturated carbocycles. The Labute approximate surface area is 172 Å². The van der Waals surface area contributed by atoms with E-state index in [0.29, 0.717) is 0 Å². The Bertz CT molecular complexity index is 1180. The van der Waals surface area contributed by atoms with Gasteiger partial charge in [-0.15, -0.1) is 11.3 Å². The van der Waals surface area contributed by atoms with Gasteiger partial charge in [-0.1, -0.05) is 18.2 Å². The SMILES string of the molecule is COc1ccc2cc(-c3csc(=NC(C)C)n3N=Cc3ccsc3)ccc2c1. The van der Waals surface area contributed by atoms with Crippen molar-refractivity contribution < 1.29 is 4.74 Å². The summed E-state index contributed by atoms with van der Waals surface area (Å²) in [6.45, 7) is 4.16. The zero-order valence-corrected chi connectivity index (χ0v) is 17.6. The van der Waals surface area contributed by atoms with Crippen molar-refractivity contribution in [1.29, 1.82) is 0 Å². The molecule has 0 spiro atoms. The number of ether oxygens (including phenoxy) is 1. The minimum atomic E-state index is 0.207. The molecule has 0 aliphatic rings. The number of hydrogen-bond acceptors (Lipinski definition) is 5. The van der Waals surface area contributed by atoms with E-state index in [1.807, 2.05) is 17.0 Å². The fourth-order valence-corrected chi connectivity index (χ4v) is 4.48. The predicted octanol–water partition coefficient (Wildman–Crippen LogP) is 5.63. The lowest BCUT2D eigenvalue weighted by Crippen LogP contribution is -2.14. The van der Waals surface area contributed by atoms with Crippen molar-refractivity contribution in [3.05, 3.63) is 69.0 Å². The number of hydrogen-bond donors (Lipinski definition) is 0. The van der Waals surface area contributed by atoms with E-state index in [-0.39, 0.29) is 6.04 Å². The van der Waals surface area contributed by atoms with Crippen molar-refractivity contribution in [3.63, 3.8) is 0 Å². The van der Waals surface area contributed by atoms with Crippen molar-refractivity contribution in [2.24, 2.45) is 10.1 Å². The molecular formula is C22H21N3OS2. The minimum absolute atomic E-state index is 0.207. The van der Waals surface area contributed by atoms with Gasteiger partial charge in [0.2, 0.25) is 4.80 Å². The molecule has 0 aliphatic heterocycles. The Morgan fingerprint density at radius 2 is 1.86 bits per heavy atom. The van der Waals surface area contributed by atoms with Crippen LogP contribution < -0.4 is 9.54 Å². The summed E-state index contributed by atoms with van der Waals surface area (Å²) in [6.07, 6.45) is 1.89. The number of fused-ring (bicyclic) bond motifs is 1. The molecule has 6 heteroatoms. The van der Waals surface area contributed by atoms with Crippen molar-refractivity contribution in [2.45, 2.75) is 19.9 Å². The van der Waals surface area contributed by atoms with Crippen LogP contribution in [0.2, 0.25) is 0 Å². The Balaban J connectivity index is 1.82. The molecule has 0 atom stereocenters. The van der Waals surface area contributed by atoms with Gasteiger partial charge in [-0.05, 0) is 59.6 Å². The quantitative estimate of drug-likeness (QED) is 0.395. The second-order valence-electron chi connectivity index (χ2n) is 6.67. The van der Waals surface area contributed by atoms with Gasteiger partial charge in [-0.25, -0.2) is 4.68 Å². The van der Waals surface area contributed by atoms with Crippen LogP contribution in [0.1, 0.15) is 19.4 Å². The molecule has 0 radical (unpaired) electrons. The van der Waals surface area contributed by atoms with Crippen molar-refractivity contribution in [3.8, 4) is 17.0 Å². The number of methoxy groups -OCH3 is 1. The smallest absolute Gasteiger partial charge is 0.206 e. The molecule has 0 aliphatic carbocycles. The summed E-state index contributed by atoms with van der Waals surface area (Å²) in [5.74, 6) is 0.865. The highest BCUT2D eigenvalue weighted by Crippen LogP contribution is 2.27. The van der Waals surface area contributed by atoms with Crippen molar-refractivity contribution in [1.82, 2.24) is 4.68 Å². The van der Waals surface area contributed by atoms with Gasteiger partial charge < -0.3 is 4.74 Å². The van der Waals surface area contributed by atoms with Gasteiger partial charge in [0.05, 0.1) is 19.0 Å². The molecule has 0 fully saturated rings. The van der Waals surface area contributed by atoms with Gasteiger partial charge in [0, 0.05) is 22.5 Å². The summed E-state index contributed by atoms with van der Waals surface area (Å²) < 4.78 is 7.27. The van der Waals surface area contributed by atoms with E-state index in [0.717, 1.165) is 32.8 Å². The second kappa shape index (κ2) is 8.12. The number of thiophene rings is 1. The Morgan fingerprint density at radius 1 is 1.04 bits per heavy atom. The number of aromatic nitrogens is 1. The number of thiazole rings is 1. The summed E-state index contributed by atoms with van der Waals surface area (Å²) in [4.78, 5) is 5.64. The monoisotopic (exact) mass is 407 g/mol. The van der Waals surface area contributed by atoms with E-state index < -0.39 is 0 Å². The maximum Gasteiger partial charge on any atom is 0.206 e. The molecule has 0 bridgehead atoms. The summed E-state index contributed by atoms with van der Waals surface area (Å²) in [5.41, 5.74) is 3.24. The molecule has 0 amide bonds. The molecule has 0 unspecified atom stereocenters. The van der Waals surface area contributed by atoms with Gasteiger partial charge in [0.25, 0.3) is 0 Å². The first-order valence-corrected chi connectivity index (χ1v) is 10.9. The van der Waals surface area contributed by atoms with E-state index in [2.05, 4.69) is 66.4 Å². The van der Waals surface area contributed by atoms with Crippen LogP contribution in [-0.4, -0.2) is 24.0 Å². The van der Waals surface area contributed by atoms with E-state index in [9.17, 15) is 0 Å². The average molecular weight is 408 g/mol. The van der Waals surface area contributed by atoms with Crippen LogP contribution >= 0.6 is 22.7 Å². The fourth-order valence-electron chi connectivity index (χ4n) is 2.90. The third-order valence-electron chi connectivity index (χ3n) is 4.26. The summed E-state index contributed by atoms with van der Waals surface area (Å²) in [6, 6.07) is 14.8. The second-order valence-corrected chi connectivity index (χ2v) is 8.28. The highest BCUT2D eigenvalue weighted by molar-refractivity contribution is 7.08. The highest BCUT2D eigenvalue weighted by Gasteiger charge is 2.09. The molecule has 4 nitrogen and oxygen atoms in total. The number of benzene rings is 2. The first-order valence-electron chi connectivity index (χ1n) is 9.03. The largest absolute Gasteiger partial charge is 0.497 e. The molecular weight excluding hydrogens is 386 g/mol. The number of rotatable bonds is 5. The van der Waals surface area contributed by atoms with E-state index >= 15 is 0 Å². The molecule has 0 saturated heterocycles. The highest BCUT2D eigenvalue weighted by atomic mass is 32.1. The molecule has 2 aromatic heterocycles. The Hall–Kier alpha value is -2.70. The summed E-state index contributed by atoms with van der Waals surface area (Å²) in [7, 11) is 1.69. The van der Waals surface area contributed by atoms with Gasteiger partial charge in [-0.2, -0.15) is 16.4 Å². The van der Waals surface area contributed by atoms with Gasteiger partial charge in [0.15, 0.2) is 0 Å². The minimum Gasteiger partial charge on any atom is -0.497 e. The molecule has 0 N–H and O–H groups in total. The van der Waals surface area contributed by atoms with E-state index in [1.165, 1.54) is 5.39 Å². The van der Waals surface area contributed by atoms with Gasteiger partial charge in [0.1, 0.15) is 5.75 Å². The van der Waals surface area contributed by atoms with Crippen LogP contribution in [0.15, 0.2) is 68.7 Å². The molecule has 28 heavy (non-hydrogen) atoms. The van der Waals surface area contributed by atoms with Crippen LogP contribution in [0.3, 0.4) is 0 Å². The van der Waals surface area contributed by atoms with E-state index in [4.69, 9.17) is 14.8 Å². The van der Waals surface area contributed by atoms with Crippen LogP contribution in [-0.2, 0) is 0 Å². The zero-order chi connectivity index (χ0) is 19.5. The Kier molecular flexibility index (Phi) is 5.41. The molecule has 2 heterocycles. The lowest BCUT2D eigenvalue weighted by Gasteiger charge is -2.07. The molecule has 142 valence electrons. The van der Waals surface area contributed by atoms with Gasteiger partial charge >= 0.3 is 0 Å². The first-order chi connectivity index (χ1) is 13.6. The average Bonchev–Trinajstić information content (AvgIpc) is 3.35. The van der Waals surface area contributed by atoms with Gasteiger partial charge in [-0.3, -0.25) is 4.99 Å². The summed E-state index contributed by atoms with van der Waals surface area (Å²) >= 11 is 3.28. The topological polar surface area (TPSA) is 38.9 Å². The van der Waals surface area contributed by atoms with Crippen LogP contribution in [0.4, 0.5) is 0 Å². The van der Waals surface area contributed by atoms with E-state index in [1.54, 1.807) is 29.8 Å². The third kappa shape index (κ3) is 3.93. The third-order valence-corrected chi connectivity index (χ3v) is 5.79. The maximum atomic E-state index is 5.33. The first kappa shape index (κ1) is 18.7. The van der Waals surface area contributed by atoms with Crippen LogP contribution in [0, 0.1) is 0 Å². The number of nitrogens with zero attached hydrogens (tertiary/aromatic N) is 3. The standard InChI is InChI=1S/C22H21N3OS2/c1-15(2)24-22-25(23-12-16-8-9-27-13-16)21(14-28-22)19-5-4-18-11-20(26-3)7-6-17(18)10-19/h4-15H,1-3H3. The predicted molar refractivity (Wildman–Crippen MR) is 120 cm³/mol. The maximum absolute atomic E-state index is 5.33. The lowest BCUT2D eigenvalue weighted by atomic mass is 10.1. The molecule has 4 aromatic rings. The zero-order valence-electron chi connectivity index (χ0n) is 16.0. The van der Waals surface area contributed by atoms with Crippen LogP contribution in [0.5, 0.6) is 5.75 Å². The lowest BCUT2D eigenvalue weighted by molar-refractivity contribution is 0.415.